The molecule has 5 heteroatoms. The Morgan fingerprint density at radius 2 is 2.00 bits per heavy atom. The molecule has 2 N–H and O–H groups in total. The molecule has 2 atom stereocenters. The summed E-state index contributed by atoms with van der Waals surface area (Å²) in [7, 11) is 0. The van der Waals surface area contributed by atoms with Crippen molar-refractivity contribution in [3.05, 3.63) is 29.6 Å². The first kappa shape index (κ1) is 14.2. The molecule has 0 spiro atoms. The molecule has 0 amide bonds. The van der Waals surface area contributed by atoms with Crippen molar-refractivity contribution in [1.29, 1.82) is 0 Å². The summed E-state index contributed by atoms with van der Waals surface area (Å²) in [6.45, 7) is 4.01. The van der Waals surface area contributed by atoms with Crippen LogP contribution in [0.2, 0.25) is 0 Å². The highest BCUT2D eigenvalue weighted by molar-refractivity contribution is 7.80. The first-order chi connectivity index (χ1) is 8.97. The van der Waals surface area contributed by atoms with Crippen LogP contribution in [-0.2, 0) is 4.74 Å². The summed E-state index contributed by atoms with van der Waals surface area (Å²) in [5.74, 6) is -0.0306. The van der Waals surface area contributed by atoms with E-state index in [0.29, 0.717) is 5.75 Å². The van der Waals surface area contributed by atoms with Gasteiger partial charge >= 0.3 is 0 Å². The Morgan fingerprint density at radius 1 is 1.37 bits per heavy atom. The lowest BCUT2D eigenvalue weighted by atomic mass is 10.0. The van der Waals surface area contributed by atoms with Crippen LogP contribution in [0.15, 0.2) is 18.2 Å². The van der Waals surface area contributed by atoms with E-state index >= 15 is 0 Å². The molecule has 2 unspecified atom stereocenters. The van der Waals surface area contributed by atoms with Gasteiger partial charge in [-0.25, -0.2) is 4.39 Å². The van der Waals surface area contributed by atoms with E-state index in [1.54, 1.807) is 12.1 Å². The summed E-state index contributed by atoms with van der Waals surface area (Å²) < 4.78 is 25.3. The Bertz CT molecular complexity index is 471. The zero-order valence-electron chi connectivity index (χ0n) is 11.1. The zero-order valence-corrected chi connectivity index (χ0v) is 11.9. The molecule has 1 aliphatic rings. The smallest absolute Gasteiger partial charge is 0.137 e. The minimum atomic E-state index is -0.446. The molecule has 0 radical (unpaired) electrons. The van der Waals surface area contributed by atoms with E-state index in [4.69, 9.17) is 27.4 Å². The molecule has 1 aromatic carbocycles. The minimum Gasteiger partial charge on any atom is -0.489 e. The van der Waals surface area contributed by atoms with Gasteiger partial charge < -0.3 is 15.2 Å². The van der Waals surface area contributed by atoms with Crippen LogP contribution in [0.4, 0.5) is 4.39 Å². The van der Waals surface area contributed by atoms with Gasteiger partial charge in [-0.3, -0.25) is 0 Å². The Kier molecular flexibility index (Phi) is 4.37. The Labute approximate surface area is 117 Å². The standard InChI is InChI=1S/C14H18FNO2S/c1-8-6-10(7-9(2)17-8)18-12-5-3-4-11(15)13(12)14(16)19/h3-5,8-10H,6-7H2,1-2H3,(H2,16,19). The van der Waals surface area contributed by atoms with Crippen molar-refractivity contribution in [2.24, 2.45) is 5.73 Å². The van der Waals surface area contributed by atoms with Crippen LogP contribution in [0.5, 0.6) is 5.75 Å². The second kappa shape index (κ2) is 5.84. The van der Waals surface area contributed by atoms with E-state index < -0.39 is 5.82 Å². The van der Waals surface area contributed by atoms with Gasteiger partial charge in [-0.1, -0.05) is 18.3 Å². The maximum atomic E-state index is 13.7. The number of rotatable bonds is 3. The zero-order chi connectivity index (χ0) is 14.0. The van der Waals surface area contributed by atoms with Crippen LogP contribution in [-0.4, -0.2) is 23.3 Å². The van der Waals surface area contributed by atoms with Crippen molar-refractivity contribution in [1.82, 2.24) is 0 Å². The number of halogens is 1. The highest BCUT2D eigenvalue weighted by atomic mass is 32.1. The van der Waals surface area contributed by atoms with Crippen LogP contribution < -0.4 is 10.5 Å². The third-order valence-corrected chi connectivity index (χ3v) is 3.37. The average molecular weight is 283 g/mol. The van der Waals surface area contributed by atoms with Gasteiger partial charge in [-0.05, 0) is 26.0 Å². The Morgan fingerprint density at radius 3 is 2.58 bits per heavy atom. The maximum absolute atomic E-state index is 13.7. The van der Waals surface area contributed by atoms with Crippen LogP contribution >= 0.6 is 12.2 Å². The average Bonchev–Trinajstić information content (AvgIpc) is 2.26. The van der Waals surface area contributed by atoms with E-state index in [0.717, 1.165) is 12.8 Å². The molecule has 1 aromatic rings. The lowest BCUT2D eigenvalue weighted by Crippen LogP contribution is -2.36. The summed E-state index contributed by atoms with van der Waals surface area (Å²) in [6.07, 6.45) is 1.81. The van der Waals surface area contributed by atoms with Gasteiger partial charge in [0.1, 0.15) is 22.7 Å². The quantitative estimate of drug-likeness (QED) is 0.866. The first-order valence-electron chi connectivity index (χ1n) is 6.37. The molecule has 3 nitrogen and oxygen atoms in total. The van der Waals surface area contributed by atoms with Crippen molar-refractivity contribution in [2.75, 3.05) is 0 Å². The van der Waals surface area contributed by atoms with E-state index in [2.05, 4.69) is 0 Å². The third kappa shape index (κ3) is 3.42. The fourth-order valence-corrected chi connectivity index (χ4v) is 2.66. The predicted molar refractivity (Wildman–Crippen MR) is 75.9 cm³/mol. The highest BCUT2D eigenvalue weighted by Gasteiger charge is 2.27. The fourth-order valence-electron chi connectivity index (χ4n) is 2.46. The topological polar surface area (TPSA) is 44.5 Å². The Balaban J connectivity index is 2.19. The van der Waals surface area contributed by atoms with Crippen molar-refractivity contribution in [3.8, 4) is 5.75 Å². The SMILES string of the molecule is CC1CC(Oc2cccc(F)c2C(N)=S)CC(C)O1. The van der Waals surface area contributed by atoms with Gasteiger partial charge in [0.15, 0.2) is 0 Å². The van der Waals surface area contributed by atoms with E-state index in [1.807, 2.05) is 13.8 Å². The molecule has 2 rings (SSSR count). The van der Waals surface area contributed by atoms with Crippen molar-refractivity contribution in [3.63, 3.8) is 0 Å². The van der Waals surface area contributed by atoms with Crippen LogP contribution in [0.1, 0.15) is 32.3 Å². The number of hydrogen-bond acceptors (Lipinski definition) is 3. The molecular formula is C14H18FNO2S. The lowest BCUT2D eigenvalue weighted by Gasteiger charge is -2.32. The van der Waals surface area contributed by atoms with E-state index in [1.165, 1.54) is 6.07 Å². The van der Waals surface area contributed by atoms with Gasteiger partial charge in [-0.2, -0.15) is 0 Å². The molecule has 19 heavy (non-hydrogen) atoms. The first-order valence-corrected chi connectivity index (χ1v) is 6.78. The normalized spacial score (nSPS) is 27.0. The lowest BCUT2D eigenvalue weighted by molar-refractivity contribution is -0.0722. The molecule has 1 saturated heterocycles. The van der Waals surface area contributed by atoms with Gasteiger partial charge in [0, 0.05) is 12.8 Å². The number of benzene rings is 1. The molecule has 0 bridgehead atoms. The molecule has 0 aromatic heterocycles. The van der Waals surface area contributed by atoms with E-state index in [-0.39, 0.29) is 28.9 Å². The second-order valence-corrected chi connectivity index (χ2v) is 5.39. The summed E-state index contributed by atoms with van der Waals surface area (Å²) in [4.78, 5) is 0.0151. The van der Waals surface area contributed by atoms with Gasteiger partial charge in [0.25, 0.3) is 0 Å². The summed E-state index contributed by atoms with van der Waals surface area (Å²) in [5.41, 5.74) is 5.75. The Hall–Kier alpha value is -1.20. The summed E-state index contributed by atoms with van der Waals surface area (Å²) in [5, 5.41) is 0. The number of nitrogens with two attached hydrogens (primary N) is 1. The monoisotopic (exact) mass is 283 g/mol. The maximum Gasteiger partial charge on any atom is 0.137 e. The van der Waals surface area contributed by atoms with Crippen molar-refractivity contribution < 1.29 is 13.9 Å². The minimum absolute atomic E-state index is 0.00588. The molecule has 0 saturated carbocycles. The van der Waals surface area contributed by atoms with Gasteiger partial charge in [0.2, 0.25) is 0 Å². The van der Waals surface area contributed by atoms with Crippen molar-refractivity contribution >= 4 is 17.2 Å². The molecule has 0 aliphatic carbocycles. The summed E-state index contributed by atoms with van der Waals surface area (Å²) in [6, 6.07) is 4.62. The van der Waals surface area contributed by atoms with Crippen LogP contribution in [0.3, 0.4) is 0 Å². The molecule has 1 heterocycles. The number of ether oxygens (including phenoxy) is 2. The van der Waals surface area contributed by atoms with E-state index in [9.17, 15) is 4.39 Å². The fraction of sp³-hybridized carbons (Fsp3) is 0.500. The largest absolute Gasteiger partial charge is 0.489 e. The van der Waals surface area contributed by atoms with Crippen molar-refractivity contribution in [2.45, 2.75) is 45.0 Å². The van der Waals surface area contributed by atoms with Gasteiger partial charge in [0.05, 0.1) is 17.8 Å². The number of hydrogen-bond donors (Lipinski definition) is 1. The predicted octanol–water partition coefficient (Wildman–Crippen LogP) is 2.79. The second-order valence-electron chi connectivity index (χ2n) is 4.95. The number of thiocarbonyl (C=S) groups is 1. The highest BCUT2D eigenvalue weighted by Crippen LogP contribution is 2.27. The molecule has 104 valence electrons. The van der Waals surface area contributed by atoms with Gasteiger partial charge in [-0.15, -0.1) is 0 Å². The third-order valence-electron chi connectivity index (χ3n) is 3.17. The molecule has 1 fully saturated rings. The molecular weight excluding hydrogens is 265 g/mol. The summed E-state index contributed by atoms with van der Waals surface area (Å²) >= 11 is 4.88. The molecule has 1 aliphatic heterocycles. The van der Waals surface area contributed by atoms with Crippen LogP contribution in [0.25, 0.3) is 0 Å². The van der Waals surface area contributed by atoms with Crippen LogP contribution in [0, 0.1) is 5.82 Å².